The SMILES string of the molecule is COc1ccc(C(N)=O)c(OCC(=O)c2ccc(C)cc2C)c1. The predicted octanol–water partition coefficient (Wildman–Crippen LogP) is 2.67. The van der Waals surface area contributed by atoms with Crippen LogP contribution < -0.4 is 15.2 Å². The van der Waals surface area contributed by atoms with Gasteiger partial charge in [0, 0.05) is 11.6 Å². The van der Waals surface area contributed by atoms with Crippen LogP contribution in [0.5, 0.6) is 11.5 Å². The largest absolute Gasteiger partial charge is 0.497 e. The van der Waals surface area contributed by atoms with Crippen LogP contribution in [-0.4, -0.2) is 25.4 Å². The smallest absolute Gasteiger partial charge is 0.252 e. The standard InChI is InChI=1S/C18H19NO4/c1-11-4-6-14(12(2)8-11)16(20)10-23-17-9-13(22-3)5-7-15(17)18(19)21/h4-9H,10H2,1-3H3,(H2,19,21). The molecule has 5 heteroatoms. The molecule has 23 heavy (non-hydrogen) atoms. The quantitative estimate of drug-likeness (QED) is 0.832. The third-order valence-electron chi connectivity index (χ3n) is 3.50. The molecule has 0 bridgehead atoms. The van der Waals surface area contributed by atoms with Gasteiger partial charge in [0.2, 0.25) is 0 Å². The van der Waals surface area contributed by atoms with E-state index in [0.29, 0.717) is 11.3 Å². The van der Waals surface area contributed by atoms with Gasteiger partial charge in [-0.3, -0.25) is 9.59 Å². The summed E-state index contributed by atoms with van der Waals surface area (Å²) in [6.45, 7) is 3.66. The zero-order chi connectivity index (χ0) is 17.0. The second kappa shape index (κ2) is 6.96. The van der Waals surface area contributed by atoms with Gasteiger partial charge in [-0.15, -0.1) is 0 Å². The lowest BCUT2D eigenvalue weighted by Gasteiger charge is -2.12. The van der Waals surface area contributed by atoms with E-state index in [4.69, 9.17) is 15.2 Å². The van der Waals surface area contributed by atoms with Crippen LogP contribution in [0.25, 0.3) is 0 Å². The van der Waals surface area contributed by atoms with Crippen molar-refractivity contribution in [1.29, 1.82) is 0 Å². The molecule has 0 atom stereocenters. The fourth-order valence-corrected chi connectivity index (χ4v) is 2.30. The molecule has 0 fully saturated rings. The van der Waals surface area contributed by atoms with Crippen LogP contribution >= 0.6 is 0 Å². The Hall–Kier alpha value is -2.82. The summed E-state index contributed by atoms with van der Waals surface area (Å²) in [6, 6.07) is 10.2. The Kier molecular flexibility index (Phi) is 5.01. The minimum absolute atomic E-state index is 0.166. The van der Waals surface area contributed by atoms with Gasteiger partial charge in [-0.25, -0.2) is 0 Å². The summed E-state index contributed by atoms with van der Waals surface area (Å²) in [5, 5.41) is 0. The highest BCUT2D eigenvalue weighted by atomic mass is 16.5. The molecule has 0 saturated heterocycles. The molecule has 5 nitrogen and oxygen atoms in total. The molecule has 0 aliphatic rings. The molecule has 0 unspecified atom stereocenters. The number of ketones is 1. The predicted molar refractivity (Wildman–Crippen MR) is 87.3 cm³/mol. The highest BCUT2D eigenvalue weighted by Crippen LogP contribution is 2.25. The van der Waals surface area contributed by atoms with Gasteiger partial charge in [-0.05, 0) is 31.5 Å². The van der Waals surface area contributed by atoms with E-state index in [1.807, 2.05) is 26.0 Å². The third kappa shape index (κ3) is 3.88. The van der Waals surface area contributed by atoms with E-state index < -0.39 is 5.91 Å². The molecule has 0 aliphatic heterocycles. The van der Waals surface area contributed by atoms with E-state index in [9.17, 15) is 9.59 Å². The summed E-state index contributed by atoms with van der Waals surface area (Å²) >= 11 is 0. The number of rotatable bonds is 6. The number of primary amides is 1. The lowest BCUT2D eigenvalue weighted by atomic mass is 10.0. The molecule has 1 amide bonds. The summed E-state index contributed by atoms with van der Waals surface area (Å²) in [5.74, 6) is -0.0405. The summed E-state index contributed by atoms with van der Waals surface area (Å²) in [4.78, 5) is 23.8. The number of carbonyl (C=O) groups excluding carboxylic acids is 2. The first kappa shape index (κ1) is 16.5. The van der Waals surface area contributed by atoms with E-state index in [1.54, 1.807) is 12.1 Å². The number of carbonyl (C=O) groups is 2. The molecule has 2 rings (SSSR count). The average molecular weight is 313 g/mol. The van der Waals surface area contributed by atoms with Gasteiger partial charge in [0.1, 0.15) is 11.5 Å². The fraction of sp³-hybridized carbons (Fsp3) is 0.222. The van der Waals surface area contributed by atoms with Crippen molar-refractivity contribution in [3.05, 3.63) is 58.7 Å². The second-order valence-corrected chi connectivity index (χ2v) is 5.26. The van der Waals surface area contributed by atoms with Crippen molar-refractivity contribution in [1.82, 2.24) is 0 Å². The Bertz CT molecular complexity index is 753. The van der Waals surface area contributed by atoms with Gasteiger partial charge in [-0.1, -0.05) is 23.8 Å². The Morgan fingerprint density at radius 2 is 1.74 bits per heavy atom. The van der Waals surface area contributed by atoms with Gasteiger partial charge >= 0.3 is 0 Å². The van der Waals surface area contributed by atoms with Crippen molar-refractivity contribution in [3.8, 4) is 11.5 Å². The summed E-state index contributed by atoms with van der Waals surface area (Å²) in [6.07, 6.45) is 0. The maximum Gasteiger partial charge on any atom is 0.252 e. The lowest BCUT2D eigenvalue weighted by Crippen LogP contribution is -2.17. The molecular formula is C18H19NO4. The zero-order valence-electron chi connectivity index (χ0n) is 13.4. The van der Waals surface area contributed by atoms with Crippen LogP contribution in [0.15, 0.2) is 36.4 Å². The monoisotopic (exact) mass is 313 g/mol. The summed E-state index contributed by atoms with van der Waals surface area (Å²) in [7, 11) is 1.50. The fourth-order valence-electron chi connectivity index (χ4n) is 2.30. The van der Waals surface area contributed by atoms with Crippen molar-refractivity contribution in [2.45, 2.75) is 13.8 Å². The van der Waals surface area contributed by atoms with Crippen LogP contribution in [0.2, 0.25) is 0 Å². The number of amides is 1. The molecule has 0 heterocycles. The highest BCUT2D eigenvalue weighted by Gasteiger charge is 2.14. The lowest BCUT2D eigenvalue weighted by molar-refractivity contribution is 0.0911. The molecule has 0 saturated carbocycles. The maximum atomic E-state index is 12.3. The zero-order valence-corrected chi connectivity index (χ0v) is 13.4. The summed E-state index contributed by atoms with van der Waals surface area (Å²) in [5.41, 5.74) is 8.10. The van der Waals surface area contributed by atoms with Crippen LogP contribution in [0.4, 0.5) is 0 Å². The second-order valence-electron chi connectivity index (χ2n) is 5.26. The van der Waals surface area contributed by atoms with Crippen molar-refractivity contribution < 1.29 is 19.1 Å². The van der Waals surface area contributed by atoms with Gasteiger partial charge in [0.05, 0.1) is 12.7 Å². The topological polar surface area (TPSA) is 78.6 Å². The number of nitrogens with two attached hydrogens (primary N) is 1. The van der Waals surface area contributed by atoms with E-state index in [0.717, 1.165) is 11.1 Å². The third-order valence-corrected chi connectivity index (χ3v) is 3.50. The Labute approximate surface area is 135 Å². The van der Waals surface area contributed by atoms with Gasteiger partial charge in [-0.2, -0.15) is 0 Å². The molecular weight excluding hydrogens is 294 g/mol. The maximum absolute atomic E-state index is 12.3. The molecule has 2 aromatic rings. The number of aryl methyl sites for hydroxylation is 2. The van der Waals surface area contributed by atoms with Gasteiger partial charge in [0.25, 0.3) is 5.91 Å². The molecule has 2 aromatic carbocycles. The molecule has 120 valence electrons. The minimum Gasteiger partial charge on any atom is -0.497 e. The molecule has 0 spiro atoms. The normalized spacial score (nSPS) is 10.2. The number of methoxy groups -OCH3 is 1. The summed E-state index contributed by atoms with van der Waals surface area (Å²) < 4.78 is 10.6. The first-order valence-corrected chi connectivity index (χ1v) is 7.13. The Morgan fingerprint density at radius 1 is 1.04 bits per heavy atom. The van der Waals surface area contributed by atoms with Crippen LogP contribution in [0.3, 0.4) is 0 Å². The number of benzene rings is 2. The van der Waals surface area contributed by atoms with Crippen molar-refractivity contribution in [3.63, 3.8) is 0 Å². The van der Waals surface area contributed by atoms with E-state index in [-0.39, 0.29) is 23.7 Å². The number of ether oxygens (including phenoxy) is 2. The average Bonchev–Trinajstić information content (AvgIpc) is 2.52. The first-order chi connectivity index (χ1) is 10.9. The van der Waals surface area contributed by atoms with Crippen molar-refractivity contribution >= 4 is 11.7 Å². The van der Waals surface area contributed by atoms with E-state index >= 15 is 0 Å². The van der Waals surface area contributed by atoms with E-state index in [2.05, 4.69) is 0 Å². The van der Waals surface area contributed by atoms with Crippen molar-refractivity contribution in [2.24, 2.45) is 5.73 Å². The van der Waals surface area contributed by atoms with Crippen LogP contribution in [0, 0.1) is 13.8 Å². The number of hydrogen-bond donors (Lipinski definition) is 1. The minimum atomic E-state index is -0.624. The molecule has 0 radical (unpaired) electrons. The van der Waals surface area contributed by atoms with Gasteiger partial charge in [0.15, 0.2) is 12.4 Å². The molecule has 0 aromatic heterocycles. The molecule has 2 N–H and O–H groups in total. The van der Waals surface area contributed by atoms with Crippen LogP contribution in [-0.2, 0) is 0 Å². The van der Waals surface area contributed by atoms with E-state index in [1.165, 1.54) is 19.2 Å². The number of hydrogen-bond acceptors (Lipinski definition) is 4. The van der Waals surface area contributed by atoms with Gasteiger partial charge < -0.3 is 15.2 Å². The first-order valence-electron chi connectivity index (χ1n) is 7.13. The van der Waals surface area contributed by atoms with Crippen LogP contribution in [0.1, 0.15) is 31.8 Å². The molecule has 0 aliphatic carbocycles. The van der Waals surface area contributed by atoms with Crippen molar-refractivity contribution in [2.75, 3.05) is 13.7 Å². The Morgan fingerprint density at radius 3 is 2.35 bits per heavy atom. The Balaban J connectivity index is 2.19. The number of Topliss-reactive ketones (excluding diaryl/α,β-unsaturated/α-hetero) is 1. The highest BCUT2D eigenvalue weighted by molar-refractivity contribution is 5.99.